The van der Waals surface area contributed by atoms with Gasteiger partial charge in [-0.15, -0.1) is 11.3 Å². The quantitative estimate of drug-likeness (QED) is 0.577. The molecule has 26 heavy (non-hydrogen) atoms. The van der Waals surface area contributed by atoms with Gasteiger partial charge in [0.2, 0.25) is 0 Å². The molecule has 1 aromatic heterocycles. The predicted molar refractivity (Wildman–Crippen MR) is 113 cm³/mol. The number of guanidine groups is 1. The van der Waals surface area contributed by atoms with E-state index in [0.29, 0.717) is 12.0 Å². The van der Waals surface area contributed by atoms with Crippen molar-refractivity contribution in [2.24, 2.45) is 4.99 Å². The van der Waals surface area contributed by atoms with Crippen molar-refractivity contribution >= 4 is 17.3 Å². The van der Waals surface area contributed by atoms with Gasteiger partial charge in [-0.2, -0.15) is 0 Å². The third-order valence-corrected chi connectivity index (χ3v) is 6.96. The first-order valence-corrected chi connectivity index (χ1v) is 11.5. The Hall–Kier alpha value is -1.07. The van der Waals surface area contributed by atoms with Gasteiger partial charge in [-0.3, -0.25) is 4.99 Å². The average molecular weight is 377 g/mol. The van der Waals surface area contributed by atoms with Gasteiger partial charge >= 0.3 is 0 Å². The number of piperidine rings is 1. The molecule has 0 bridgehead atoms. The van der Waals surface area contributed by atoms with E-state index < -0.39 is 0 Å². The summed E-state index contributed by atoms with van der Waals surface area (Å²) in [4.78, 5) is 9.03. The zero-order chi connectivity index (χ0) is 18.2. The van der Waals surface area contributed by atoms with Gasteiger partial charge in [0, 0.05) is 42.5 Å². The number of hydrogen-bond acceptors (Lipinski definition) is 3. The van der Waals surface area contributed by atoms with Crippen molar-refractivity contribution in [1.82, 2.24) is 15.5 Å². The molecular weight excluding hydrogens is 340 g/mol. The van der Waals surface area contributed by atoms with Crippen molar-refractivity contribution in [3.8, 4) is 0 Å². The van der Waals surface area contributed by atoms with Gasteiger partial charge in [0.25, 0.3) is 0 Å². The van der Waals surface area contributed by atoms with Crippen LogP contribution in [-0.2, 0) is 0 Å². The molecule has 0 spiro atoms. The topological polar surface area (TPSA) is 39.7 Å². The minimum atomic E-state index is 0.485. The summed E-state index contributed by atoms with van der Waals surface area (Å²) in [6.07, 6.45) is 9.63. The van der Waals surface area contributed by atoms with Gasteiger partial charge in [-0.1, -0.05) is 32.3 Å². The van der Waals surface area contributed by atoms with E-state index in [9.17, 15) is 0 Å². The van der Waals surface area contributed by atoms with E-state index in [4.69, 9.17) is 4.99 Å². The number of nitrogens with one attached hydrogen (secondary N) is 2. The van der Waals surface area contributed by atoms with Crippen LogP contribution in [0.5, 0.6) is 0 Å². The summed E-state index contributed by atoms with van der Waals surface area (Å²) >= 11 is 1.83. The summed E-state index contributed by atoms with van der Waals surface area (Å²) in [6, 6.07) is 5.76. The fraction of sp³-hybridized carbons (Fsp3) is 0.762. The van der Waals surface area contributed by atoms with E-state index in [2.05, 4.69) is 46.9 Å². The summed E-state index contributed by atoms with van der Waals surface area (Å²) in [5.41, 5.74) is 0. The van der Waals surface area contributed by atoms with Crippen LogP contribution in [0, 0.1) is 0 Å². The number of aliphatic imine (C=N–C) groups is 1. The maximum atomic E-state index is 4.86. The fourth-order valence-corrected chi connectivity index (χ4v) is 5.04. The van der Waals surface area contributed by atoms with Gasteiger partial charge < -0.3 is 15.5 Å². The zero-order valence-corrected chi connectivity index (χ0v) is 17.4. The Morgan fingerprint density at radius 2 is 2.00 bits per heavy atom. The molecule has 2 heterocycles. The summed E-state index contributed by atoms with van der Waals surface area (Å²) in [6.45, 7) is 8.66. The normalized spacial score (nSPS) is 22.3. The lowest BCUT2D eigenvalue weighted by atomic mass is 9.92. The van der Waals surface area contributed by atoms with Gasteiger partial charge in [0.15, 0.2) is 5.96 Å². The summed E-state index contributed by atoms with van der Waals surface area (Å²) in [7, 11) is 0. The molecule has 0 amide bonds. The summed E-state index contributed by atoms with van der Waals surface area (Å²) < 4.78 is 0. The van der Waals surface area contributed by atoms with Crippen LogP contribution in [0.3, 0.4) is 0 Å². The lowest BCUT2D eigenvalue weighted by Gasteiger charge is -2.39. The van der Waals surface area contributed by atoms with Crippen LogP contribution in [0.2, 0.25) is 0 Å². The SMILES string of the molecule is CCNC(=NCC(C)c1cccs1)NC1CCN(C2CCCCC2)CC1. The third kappa shape index (κ3) is 5.71. The fourth-order valence-electron chi connectivity index (χ4n) is 4.26. The van der Waals surface area contributed by atoms with E-state index in [1.54, 1.807) is 0 Å². The van der Waals surface area contributed by atoms with Crippen molar-refractivity contribution in [2.75, 3.05) is 26.2 Å². The second-order valence-electron chi connectivity index (χ2n) is 7.88. The maximum absolute atomic E-state index is 4.86. The molecule has 0 radical (unpaired) electrons. The van der Waals surface area contributed by atoms with Gasteiger partial charge in [-0.25, -0.2) is 0 Å². The molecule has 1 aliphatic carbocycles. The molecular formula is C21H36N4S. The highest BCUT2D eigenvalue weighted by Gasteiger charge is 2.26. The first-order valence-electron chi connectivity index (χ1n) is 10.6. The highest BCUT2D eigenvalue weighted by atomic mass is 32.1. The van der Waals surface area contributed by atoms with E-state index in [1.807, 2.05) is 11.3 Å². The van der Waals surface area contributed by atoms with Crippen LogP contribution >= 0.6 is 11.3 Å². The number of nitrogens with zero attached hydrogens (tertiary/aromatic N) is 2. The van der Waals surface area contributed by atoms with Crippen LogP contribution in [0.1, 0.15) is 69.6 Å². The molecule has 1 aliphatic heterocycles. The van der Waals surface area contributed by atoms with E-state index in [0.717, 1.165) is 25.1 Å². The molecule has 5 heteroatoms. The van der Waals surface area contributed by atoms with E-state index >= 15 is 0 Å². The first-order chi connectivity index (χ1) is 12.8. The largest absolute Gasteiger partial charge is 0.357 e. The van der Waals surface area contributed by atoms with Crippen LogP contribution in [-0.4, -0.2) is 49.1 Å². The van der Waals surface area contributed by atoms with Gasteiger partial charge in [-0.05, 0) is 44.1 Å². The Kier molecular flexibility index (Phi) is 7.81. The highest BCUT2D eigenvalue weighted by molar-refractivity contribution is 7.10. The Morgan fingerprint density at radius 1 is 1.23 bits per heavy atom. The second kappa shape index (κ2) is 10.3. The Labute approximate surface area is 163 Å². The number of rotatable bonds is 6. The molecule has 1 saturated carbocycles. The first kappa shape index (κ1) is 19.7. The Bertz CT molecular complexity index is 528. The predicted octanol–water partition coefficient (Wildman–Crippen LogP) is 4.20. The molecule has 0 aromatic carbocycles. The van der Waals surface area contributed by atoms with E-state index in [-0.39, 0.29) is 0 Å². The summed E-state index contributed by atoms with van der Waals surface area (Å²) in [5, 5.41) is 9.28. The molecule has 1 saturated heterocycles. The van der Waals surface area contributed by atoms with Crippen LogP contribution in [0.4, 0.5) is 0 Å². The zero-order valence-electron chi connectivity index (χ0n) is 16.5. The van der Waals surface area contributed by atoms with Crippen LogP contribution in [0.15, 0.2) is 22.5 Å². The molecule has 2 N–H and O–H groups in total. The van der Waals surface area contributed by atoms with Gasteiger partial charge in [0.1, 0.15) is 0 Å². The molecule has 2 aliphatic rings. The maximum Gasteiger partial charge on any atom is 0.191 e. The standard InChI is InChI=1S/C21H36N4S/c1-3-22-21(23-16-17(2)20-10-7-15-26-20)24-18-11-13-25(14-12-18)19-8-5-4-6-9-19/h7,10,15,17-19H,3-6,8-9,11-14,16H2,1-2H3,(H2,22,23,24). The van der Waals surface area contributed by atoms with E-state index in [1.165, 1.54) is 62.9 Å². The lowest BCUT2D eigenvalue weighted by Crippen LogP contribution is -2.51. The number of hydrogen-bond donors (Lipinski definition) is 2. The second-order valence-corrected chi connectivity index (χ2v) is 8.86. The van der Waals surface area contributed by atoms with Gasteiger partial charge in [0.05, 0.1) is 6.54 Å². The average Bonchev–Trinajstić information content (AvgIpc) is 3.22. The monoisotopic (exact) mass is 376 g/mol. The molecule has 1 atom stereocenters. The smallest absolute Gasteiger partial charge is 0.191 e. The summed E-state index contributed by atoms with van der Waals surface area (Å²) in [5.74, 6) is 1.48. The molecule has 1 unspecified atom stereocenters. The highest BCUT2D eigenvalue weighted by Crippen LogP contribution is 2.25. The Morgan fingerprint density at radius 3 is 2.65 bits per heavy atom. The molecule has 4 nitrogen and oxygen atoms in total. The molecule has 3 rings (SSSR count). The minimum absolute atomic E-state index is 0.485. The minimum Gasteiger partial charge on any atom is -0.357 e. The van der Waals surface area contributed by atoms with Crippen molar-refractivity contribution in [3.05, 3.63) is 22.4 Å². The van der Waals surface area contributed by atoms with Crippen molar-refractivity contribution < 1.29 is 0 Å². The number of likely N-dealkylation sites (tertiary alicyclic amines) is 1. The van der Waals surface area contributed by atoms with Crippen LogP contribution < -0.4 is 10.6 Å². The number of thiophene rings is 1. The van der Waals surface area contributed by atoms with Crippen molar-refractivity contribution in [1.29, 1.82) is 0 Å². The molecule has 2 fully saturated rings. The third-order valence-electron chi connectivity index (χ3n) is 5.86. The Balaban J connectivity index is 1.46. The molecule has 1 aromatic rings. The van der Waals surface area contributed by atoms with Crippen molar-refractivity contribution in [2.45, 2.75) is 76.8 Å². The molecule has 146 valence electrons. The lowest BCUT2D eigenvalue weighted by molar-refractivity contribution is 0.119. The van der Waals surface area contributed by atoms with Crippen molar-refractivity contribution in [3.63, 3.8) is 0 Å². The van der Waals surface area contributed by atoms with Crippen LogP contribution in [0.25, 0.3) is 0 Å².